The second-order valence-corrected chi connectivity index (χ2v) is 17.7. The van der Waals surface area contributed by atoms with Crippen molar-refractivity contribution >= 4 is 13.3 Å². The molecule has 3 nitrogen and oxygen atoms in total. The van der Waals surface area contributed by atoms with Gasteiger partial charge in [-0.15, -0.1) is 0 Å². The van der Waals surface area contributed by atoms with Gasteiger partial charge < -0.3 is 0 Å². The predicted octanol–water partition coefficient (Wildman–Crippen LogP) is 10.4. The highest BCUT2D eigenvalue weighted by molar-refractivity contribution is 6.88. The zero-order valence-electron chi connectivity index (χ0n) is 26.4. The lowest BCUT2D eigenvalue weighted by molar-refractivity contribution is 1.07. The first-order valence-electron chi connectivity index (χ1n) is 15.7. The summed E-state index contributed by atoms with van der Waals surface area (Å²) < 4.78 is 0. The van der Waals surface area contributed by atoms with E-state index in [-0.39, 0.29) is 0 Å². The minimum Gasteiger partial charge on any atom is -0.208 e. The largest absolute Gasteiger partial charge is 0.208 e. The van der Waals surface area contributed by atoms with Gasteiger partial charge in [0.2, 0.25) is 0 Å². The van der Waals surface area contributed by atoms with Gasteiger partial charge in [0.15, 0.2) is 17.5 Å². The third-order valence-electron chi connectivity index (χ3n) is 8.30. The SMILES string of the molecule is C[Si](C)(C)c1ccc(-c2nc(-c3ccccc3)nc(-c3cccc(-c4cccc(-c5cccc(-c6ccccc6)c5)c4)c3)n2)cc1. The minimum absolute atomic E-state index is 0.659. The van der Waals surface area contributed by atoms with Crippen LogP contribution in [0, 0.1) is 0 Å². The number of benzene rings is 6. The van der Waals surface area contributed by atoms with E-state index in [9.17, 15) is 0 Å². The van der Waals surface area contributed by atoms with Crippen LogP contribution in [0.2, 0.25) is 19.6 Å². The van der Waals surface area contributed by atoms with Crippen LogP contribution in [0.3, 0.4) is 0 Å². The Labute approximate surface area is 272 Å². The molecule has 0 amide bonds. The number of nitrogens with zero attached hydrogens (tertiary/aromatic N) is 3. The van der Waals surface area contributed by atoms with Crippen LogP contribution >= 0.6 is 0 Å². The summed E-state index contributed by atoms with van der Waals surface area (Å²) in [5.41, 5.74) is 9.95. The van der Waals surface area contributed by atoms with Crippen LogP contribution in [0.1, 0.15) is 0 Å². The van der Waals surface area contributed by atoms with Gasteiger partial charge in [-0.05, 0) is 51.6 Å². The molecule has 0 N–H and O–H groups in total. The quantitative estimate of drug-likeness (QED) is 0.169. The zero-order chi connectivity index (χ0) is 31.5. The molecular formula is C42H35N3Si. The van der Waals surface area contributed by atoms with Gasteiger partial charge in [0.25, 0.3) is 0 Å². The fourth-order valence-electron chi connectivity index (χ4n) is 5.69. The first-order valence-corrected chi connectivity index (χ1v) is 19.2. The van der Waals surface area contributed by atoms with E-state index in [4.69, 9.17) is 15.0 Å². The molecule has 7 rings (SSSR count). The maximum absolute atomic E-state index is 5.02. The second-order valence-electron chi connectivity index (χ2n) is 12.6. The summed E-state index contributed by atoms with van der Waals surface area (Å²) in [4.78, 5) is 14.9. The number of rotatable bonds is 7. The van der Waals surface area contributed by atoms with Crippen LogP contribution in [-0.4, -0.2) is 23.0 Å². The van der Waals surface area contributed by atoms with E-state index in [0.29, 0.717) is 17.5 Å². The van der Waals surface area contributed by atoms with E-state index in [2.05, 4.69) is 147 Å². The molecule has 1 aromatic heterocycles. The molecule has 0 radical (unpaired) electrons. The number of aromatic nitrogens is 3. The molecule has 0 saturated carbocycles. The Balaban J connectivity index is 1.27. The summed E-state index contributed by atoms with van der Waals surface area (Å²) in [6.07, 6.45) is 0. The van der Waals surface area contributed by atoms with Crippen molar-refractivity contribution in [3.63, 3.8) is 0 Å². The fourth-order valence-corrected chi connectivity index (χ4v) is 6.86. The topological polar surface area (TPSA) is 38.7 Å². The Kier molecular flexibility index (Phi) is 7.96. The third-order valence-corrected chi connectivity index (χ3v) is 10.4. The molecule has 7 aromatic rings. The molecule has 0 bridgehead atoms. The normalized spacial score (nSPS) is 11.4. The van der Waals surface area contributed by atoms with E-state index >= 15 is 0 Å². The molecular weight excluding hydrogens is 575 g/mol. The minimum atomic E-state index is -1.42. The molecule has 1 heterocycles. The smallest absolute Gasteiger partial charge is 0.164 e. The summed E-state index contributed by atoms with van der Waals surface area (Å²) in [7, 11) is -1.42. The average molecular weight is 610 g/mol. The molecule has 0 atom stereocenters. The summed E-state index contributed by atoms with van der Waals surface area (Å²) >= 11 is 0. The third kappa shape index (κ3) is 6.34. The first-order chi connectivity index (χ1) is 22.4. The van der Waals surface area contributed by atoms with Gasteiger partial charge in [0.05, 0.1) is 8.07 Å². The Morgan fingerprint density at radius 3 is 1.09 bits per heavy atom. The van der Waals surface area contributed by atoms with Gasteiger partial charge in [-0.2, -0.15) is 0 Å². The summed E-state index contributed by atoms with van der Waals surface area (Å²) in [6, 6.07) is 55.4. The van der Waals surface area contributed by atoms with Crippen LogP contribution in [-0.2, 0) is 0 Å². The van der Waals surface area contributed by atoms with Crippen molar-refractivity contribution in [2.24, 2.45) is 0 Å². The number of hydrogen-bond donors (Lipinski definition) is 0. The highest BCUT2D eigenvalue weighted by Crippen LogP contribution is 2.32. The highest BCUT2D eigenvalue weighted by atomic mass is 28.3. The molecule has 0 unspecified atom stereocenters. The Bertz CT molecular complexity index is 2120. The van der Waals surface area contributed by atoms with Gasteiger partial charge in [0.1, 0.15) is 0 Å². The Morgan fingerprint density at radius 1 is 0.304 bits per heavy atom. The molecule has 222 valence electrons. The fraction of sp³-hybridized carbons (Fsp3) is 0.0714. The zero-order valence-corrected chi connectivity index (χ0v) is 27.4. The maximum atomic E-state index is 5.02. The molecule has 4 heteroatoms. The van der Waals surface area contributed by atoms with Crippen molar-refractivity contribution in [1.29, 1.82) is 0 Å². The standard InChI is InChI=1S/C42H35N3Si/c1-46(2,3)39-25-23-32(24-26-39)41-43-40(31-15-8-5-9-16-31)44-42(45-41)38-22-12-21-37(29-38)36-20-11-19-35(28-36)34-18-10-17-33(27-34)30-13-6-4-7-14-30/h4-29H,1-3H3. The maximum Gasteiger partial charge on any atom is 0.164 e. The molecule has 0 fully saturated rings. The summed E-state index contributed by atoms with van der Waals surface area (Å²) in [5.74, 6) is 2.00. The van der Waals surface area contributed by atoms with Crippen LogP contribution in [0.15, 0.2) is 158 Å². The highest BCUT2D eigenvalue weighted by Gasteiger charge is 2.17. The van der Waals surface area contributed by atoms with Crippen LogP contribution in [0.4, 0.5) is 0 Å². The van der Waals surface area contributed by atoms with Crippen LogP contribution in [0.25, 0.3) is 67.5 Å². The number of hydrogen-bond acceptors (Lipinski definition) is 3. The van der Waals surface area contributed by atoms with Gasteiger partial charge in [0, 0.05) is 16.7 Å². The lowest BCUT2D eigenvalue weighted by Crippen LogP contribution is -2.37. The monoisotopic (exact) mass is 609 g/mol. The molecule has 0 spiro atoms. The van der Waals surface area contributed by atoms with Crippen LogP contribution in [0.5, 0.6) is 0 Å². The molecule has 0 aliphatic rings. The lowest BCUT2D eigenvalue weighted by atomic mass is 9.95. The lowest BCUT2D eigenvalue weighted by Gasteiger charge is -2.16. The first kappa shape index (κ1) is 29.3. The molecule has 0 aliphatic carbocycles. The molecule has 6 aromatic carbocycles. The van der Waals surface area contributed by atoms with Crippen LogP contribution < -0.4 is 5.19 Å². The van der Waals surface area contributed by atoms with Crippen molar-refractivity contribution in [2.45, 2.75) is 19.6 Å². The van der Waals surface area contributed by atoms with E-state index in [1.54, 1.807) is 0 Å². The average Bonchev–Trinajstić information content (AvgIpc) is 3.12. The van der Waals surface area contributed by atoms with E-state index in [1.165, 1.54) is 27.4 Å². The molecule has 0 aliphatic heterocycles. The van der Waals surface area contributed by atoms with Gasteiger partial charge >= 0.3 is 0 Å². The Hall–Kier alpha value is -5.45. The van der Waals surface area contributed by atoms with E-state index in [0.717, 1.165) is 27.8 Å². The summed E-state index contributed by atoms with van der Waals surface area (Å²) in [5, 5.41) is 1.41. The molecule has 46 heavy (non-hydrogen) atoms. The van der Waals surface area contributed by atoms with Crippen molar-refractivity contribution < 1.29 is 0 Å². The second kappa shape index (κ2) is 12.5. The predicted molar refractivity (Wildman–Crippen MR) is 195 cm³/mol. The van der Waals surface area contributed by atoms with Crippen molar-refractivity contribution in [1.82, 2.24) is 15.0 Å². The Morgan fingerprint density at radius 2 is 0.630 bits per heavy atom. The van der Waals surface area contributed by atoms with Crippen molar-refractivity contribution in [3.8, 4) is 67.5 Å². The molecule has 0 saturated heterocycles. The summed E-state index contributed by atoms with van der Waals surface area (Å²) in [6.45, 7) is 7.09. The van der Waals surface area contributed by atoms with Crippen molar-refractivity contribution in [2.75, 3.05) is 0 Å². The van der Waals surface area contributed by atoms with E-state index in [1.807, 2.05) is 30.3 Å². The van der Waals surface area contributed by atoms with Crippen molar-refractivity contribution in [3.05, 3.63) is 158 Å². The van der Waals surface area contributed by atoms with Gasteiger partial charge in [-0.1, -0.05) is 164 Å². The van der Waals surface area contributed by atoms with Gasteiger partial charge in [-0.3, -0.25) is 0 Å². The van der Waals surface area contributed by atoms with E-state index < -0.39 is 8.07 Å². The van der Waals surface area contributed by atoms with Gasteiger partial charge in [-0.25, -0.2) is 15.0 Å².